The summed E-state index contributed by atoms with van der Waals surface area (Å²) in [7, 11) is 4.95. The Balaban J connectivity index is 0.908. The van der Waals surface area contributed by atoms with Gasteiger partial charge in [-0.2, -0.15) is 0 Å². The largest absolute Gasteiger partial charge is 0.496 e. The number of hydrogen-bond donors (Lipinski definition) is 1. The van der Waals surface area contributed by atoms with E-state index >= 15 is 4.39 Å². The van der Waals surface area contributed by atoms with Gasteiger partial charge < -0.3 is 38.5 Å². The van der Waals surface area contributed by atoms with E-state index in [1.807, 2.05) is 24.3 Å². The molecule has 2 amide bonds. The number of fused-ring (bicyclic) bond motifs is 1. The molecule has 1 aromatic carbocycles. The van der Waals surface area contributed by atoms with Gasteiger partial charge in [0.25, 0.3) is 11.1 Å². The topological polar surface area (TPSA) is 123 Å². The highest BCUT2D eigenvalue weighted by Gasteiger charge is 2.33. The normalized spacial score (nSPS) is 20.2. The van der Waals surface area contributed by atoms with Crippen molar-refractivity contribution in [1.29, 1.82) is 0 Å². The lowest BCUT2D eigenvalue weighted by Crippen LogP contribution is -2.48. The number of benzene rings is 1. The number of urea groups is 1. The molecule has 7 rings (SSSR count). The van der Waals surface area contributed by atoms with Crippen LogP contribution in [-0.4, -0.2) is 107 Å². The monoisotopic (exact) mass is 755 g/mol. The molecule has 1 N–H and O–H groups in total. The van der Waals surface area contributed by atoms with Crippen molar-refractivity contribution in [2.24, 2.45) is 7.05 Å². The van der Waals surface area contributed by atoms with Gasteiger partial charge in [-0.3, -0.25) is 19.5 Å². The molecule has 0 bridgehead atoms. The molecule has 0 aliphatic carbocycles. The molecule has 0 unspecified atom stereocenters. The highest BCUT2D eigenvalue weighted by molar-refractivity contribution is 5.97. The summed E-state index contributed by atoms with van der Waals surface area (Å²) >= 11 is 0. The molecular weight excluding hydrogens is 705 g/mol. The fourth-order valence-electron chi connectivity index (χ4n) is 7.97. The van der Waals surface area contributed by atoms with Crippen LogP contribution in [0.3, 0.4) is 0 Å². The number of hydrogen-bond acceptors (Lipinski definition) is 9. The lowest BCUT2D eigenvalue weighted by Gasteiger charge is -2.39. The Morgan fingerprint density at radius 2 is 1.67 bits per heavy atom. The van der Waals surface area contributed by atoms with Gasteiger partial charge in [0, 0.05) is 119 Å². The molecule has 4 aromatic rings. The number of rotatable bonds is 12. The number of carbonyl (C=O) groups is 1. The Morgan fingerprint density at radius 3 is 2.42 bits per heavy atom. The van der Waals surface area contributed by atoms with Crippen LogP contribution in [0.25, 0.3) is 21.9 Å². The number of likely N-dealkylation sites (tertiary alicyclic amines) is 2. The molecule has 0 spiro atoms. The van der Waals surface area contributed by atoms with E-state index in [-0.39, 0.29) is 36.3 Å². The maximum atomic E-state index is 15.7. The third-order valence-electron chi connectivity index (χ3n) is 11.1. The average Bonchev–Trinajstić information content (AvgIpc) is 3.19. The molecule has 55 heavy (non-hydrogen) atoms. The number of halogens is 1. The first-order valence-electron chi connectivity index (χ1n) is 19.0. The average molecular weight is 756 g/mol. The van der Waals surface area contributed by atoms with Crippen molar-refractivity contribution >= 4 is 16.8 Å². The van der Waals surface area contributed by atoms with Crippen molar-refractivity contribution in [1.82, 2.24) is 34.1 Å². The molecule has 0 radical (unpaired) electrons. The van der Waals surface area contributed by atoms with Crippen LogP contribution < -0.4 is 25.9 Å². The molecule has 6 heterocycles. The van der Waals surface area contributed by atoms with Gasteiger partial charge >= 0.3 is 6.03 Å². The van der Waals surface area contributed by atoms with Crippen molar-refractivity contribution in [2.75, 3.05) is 53.5 Å². The minimum atomic E-state index is -1.13. The van der Waals surface area contributed by atoms with Gasteiger partial charge in [0.05, 0.1) is 38.4 Å². The summed E-state index contributed by atoms with van der Waals surface area (Å²) < 4.78 is 37.0. The third-order valence-corrected chi connectivity index (χ3v) is 11.1. The van der Waals surface area contributed by atoms with Crippen LogP contribution in [0.5, 0.6) is 11.5 Å². The second-order valence-corrected chi connectivity index (χ2v) is 14.7. The first-order valence-corrected chi connectivity index (χ1v) is 19.0. The van der Waals surface area contributed by atoms with E-state index in [4.69, 9.17) is 14.2 Å². The van der Waals surface area contributed by atoms with Crippen molar-refractivity contribution in [3.63, 3.8) is 0 Å². The number of amides is 2. The molecular formula is C41H50FN7O6. The predicted molar refractivity (Wildman–Crippen MR) is 208 cm³/mol. The number of piperidine rings is 2. The number of nitrogens with one attached hydrogen (secondary N) is 1. The molecule has 3 aliphatic rings. The Bertz CT molecular complexity index is 2160. The fraction of sp³-hybridized carbons (Fsp3) is 0.463. The van der Waals surface area contributed by atoms with E-state index in [1.54, 1.807) is 66.2 Å². The number of pyridine rings is 3. The maximum absolute atomic E-state index is 15.7. The predicted octanol–water partition coefficient (Wildman–Crippen LogP) is 4.30. The summed E-state index contributed by atoms with van der Waals surface area (Å²) in [5.41, 5.74) is 3.56. The van der Waals surface area contributed by atoms with Gasteiger partial charge in [0.1, 0.15) is 17.7 Å². The van der Waals surface area contributed by atoms with E-state index < -0.39 is 12.3 Å². The number of nitrogens with zero attached hydrogens (tertiary/aromatic N) is 6. The standard InChI is InChI=1S/C41H50FN7O6/c1-27-8-17-49(41(52)44-27)24-28-6-5-13-48(39(28)50)19-18-46-14-9-30(10-15-46)55-36-11-16-47(26-35(36)42)23-29-20-38(54-4)32(21-37(29)53-3)34-25-45(2)40(51)33-22-43-12-7-31(33)34/h5-7,12-13,20-22,25,30,35-36H,1,8-11,14-19,23-24,26H2,2-4H3,(H,44,52)/t35-,36-/m1/s1. The van der Waals surface area contributed by atoms with Crippen LogP contribution in [-0.2, 0) is 31.4 Å². The molecule has 3 aromatic heterocycles. The Labute approximate surface area is 319 Å². The lowest BCUT2D eigenvalue weighted by molar-refractivity contribution is -0.0995. The van der Waals surface area contributed by atoms with E-state index in [2.05, 4.69) is 26.7 Å². The molecule has 3 fully saturated rings. The Morgan fingerprint density at radius 1 is 0.891 bits per heavy atom. The third kappa shape index (κ3) is 8.46. The van der Waals surface area contributed by atoms with Crippen molar-refractivity contribution < 1.29 is 23.4 Å². The first kappa shape index (κ1) is 38.2. The van der Waals surface area contributed by atoms with E-state index in [9.17, 15) is 14.4 Å². The van der Waals surface area contributed by atoms with Gasteiger partial charge in [-0.05, 0) is 48.9 Å². The zero-order valence-corrected chi connectivity index (χ0v) is 31.8. The summed E-state index contributed by atoms with van der Waals surface area (Å²) in [6, 6.07) is 9.11. The van der Waals surface area contributed by atoms with Crippen LogP contribution in [0.4, 0.5) is 9.18 Å². The summed E-state index contributed by atoms with van der Waals surface area (Å²) in [5.74, 6) is 1.29. The molecule has 3 saturated heterocycles. The van der Waals surface area contributed by atoms with Crippen molar-refractivity contribution in [3.8, 4) is 22.6 Å². The SMILES string of the molecule is C=C1CCN(Cc2cccn(CCN3CCC(O[C@@H]4CCN(Cc5cc(OC)c(-c6cn(C)c(=O)c7cnccc67)cc5OC)C[C@H]4F)CC3)c2=O)C(=O)N1. The zero-order chi connectivity index (χ0) is 38.6. The van der Waals surface area contributed by atoms with Crippen LogP contribution in [0.1, 0.15) is 36.8 Å². The second kappa shape index (κ2) is 16.8. The van der Waals surface area contributed by atoms with Gasteiger partial charge in [-0.25, -0.2) is 9.18 Å². The summed E-state index contributed by atoms with van der Waals surface area (Å²) in [6.07, 6.45) is 8.11. The van der Waals surface area contributed by atoms with Crippen LogP contribution in [0, 0.1) is 0 Å². The number of aromatic nitrogens is 3. The molecule has 3 aliphatic heterocycles. The summed E-state index contributed by atoms with van der Waals surface area (Å²) in [6.45, 7) is 8.94. The molecule has 13 nitrogen and oxygen atoms in total. The highest BCUT2D eigenvalue weighted by atomic mass is 19.1. The van der Waals surface area contributed by atoms with Gasteiger partial charge in [0.2, 0.25) is 0 Å². The maximum Gasteiger partial charge on any atom is 0.321 e. The van der Waals surface area contributed by atoms with Crippen LogP contribution in [0.15, 0.2) is 77.0 Å². The van der Waals surface area contributed by atoms with E-state index in [0.29, 0.717) is 67.2 Å². The highest BCUT2D eigenvalue weighted by Crippen LogP contribution is 2.39. The van der Waals surface area contributed by atoms with Crippen LogP contribution >= 0.6 is 0 Å². The number of methoxy groups -OCH3 is 2. The fourth-order valence-corrected chi connectivity index (χ4v) is 7.97. The minimum absolute atomic E-state index is 0.00915. The summed E-state index contributed by atoms with van der Waals surface area (Å²) in [4.78, 5) is 48.5. The molecule has 0 saturated carbocycles. The van der Waals surface area contributed by atoms with E-state index in [0.717, 1.165) is 54.6 Å². The molecule has 14 heteroatoms. The lowest BCUT2D eigenvalue weighted by atomic mass is 9.98. The van der Waals surface area contributed by atoms with Crippen molar-refractivity contribution in [3.05, 3.63) is 99.2 Å². The number of aryl methyl sites for hydroxylation is 1. The molecule has 292 valence electrons. The van der Waals surface area contributed by atoms with Gasteiger partial charge in [0.15, 0.2) is 0 Å². The van der Waals surface area contributed by atoms with Gasteiger partial charge in [-0.1, -0.05) is 12.6 Å². The minimum Gasteiger partial charge on any atom is -0.496 e. The summed E-state index contributed by atoms with van der Waals surface area (Å²) in [5, 5.41) is 4.03. The zero-order valence-electron chi connectivity index (χ0n) is 31.8. The Kier molecular flexibility index (Phi) is 11.6. The smallest absolute Gasteiger partial charge is 0.321 e. The molecule has 2 atom stereocenters. The second-order valence-electron chi connectivity index (χ2n) is 14.7. The number of alkyl halides is 1. The van der Waals surface area contributed by atoms with Crippen molar-refractivity contribution in [2.45, 2.75) is 63.7 Å². The first-order chi connectivity index (χ1) is 26.6. The van der Waals surface area contributed by atoms with E-state index in [1.165, 1.54) is 0 Å². The Hall–Kier alpha value is -5.05. The quantitative estimate of drug-likeness (QED) is 0.226. The number of carbonyl (C=O) groups excluding carboxylic acids is 1. The number of ether oxygens (including phenoxy) is 3. The van der Waals surface area contributed by atoms with Crippen LogP contribution in [0.2, 0.25) is 0 Å². The van der Waals surface area contributed by atoms with Gasteiger partial charge in [-0.15, -0.1) is 0 Å².